The third kappa shape index (κ3) is 3.95. The first kappa shape index (κ1) is 15.8. The van der Waals surface area contributed by atoms with E-state index in [4.69, 9.17) is 5.73 Å². The van der Waals surface area contributed by atoms with Crippen LogP contribution in [0, 0.1) is 13.8 Å². The fraction of sp³-hybridized carbons (Fsp3) is 0.222. The van der Waals surface area contributed by atoms with Crippen molar-refractivity contribution < 1.29 is 4.79 Å². The van der Waals surface area contributed by atoms with E-state index in [9.17, 15) is 4.79 Å². The Morgan fingerprint density at radius 2 is 2.05 bits per heavy atom. The van der Waals surface area contributed by atoms with E-state index in [0.29, 0.717) is 12.4 Å². The third-order valence-corrected chi connectivity index (χ3v) is 3.73. The van der Waals surface area contributed by atoms with Gasteiger partial charge in [-0.1, -0.05) is 18.2 Å². The first-order chi connectivity index (χ1) is 10.5. The third-order valence-electron chi connectivity index (χ3n) is 3.73. The van der Waals surface area contributed by atoms with Crippen LogP contribution in [0.5, 0.6) is 0 Å². The summed E-state index contributed by atoms with van der Waals surface area (Å²) in [5.41, 5.74) is 10.0. The van der Waals surface area contributed by atoms with Gasteiger partial charge in [0.25, 0.3) is 0 Å². The van der Waals surface area contributed by atoms with Crippen molar-refractivity contribution in [1.29, 1.82) is 0 Å². The number of benzene rings is 1. The van der Waals surface area contributed by atoms with Gasteiger partial charge >= 0.3 is 0 Å². The van der Waals surface area contributed by atoms with Gasteiger partial charge in [-0.25, -0.2) is 4.98 Å². The monoisotopic (exact) mass is 295 g/mol. The summed E-state index contributed by atoms with van der Waals surface area (Å²) >= 11 is 0. The summed E-state index contributed by atoms with van der Waals surface area (Å²) in [5.74, 6) is 0.424. The molecule has 0 saturated carbocycles. The van der Waals surface area contributed by atoms with Gasteiger partial charge in [0.2, 0.25) is 5.91 Å². The Hall–Kier alpha value is -2.62. The Labute approximate surface area is 131 Å². The number of rotatable bonds is 4. The van der Waals surface area contributed by atoms with Gasteiger partial charge < -0.3 is 10.6 Å². The molecule has 0 atom stereocenters. The van der Waals surface area contributed by atoms with Crippen molar-refractivity contribution in [2.75, 3.05) is 12.8 Å². The number of nitrogens with zero attached hydrogens (tertiary/aromatic N) is 2. The molecule has 0 spiro atoms. The lowest BCUT2D eigenvalue weighted by molar-refractivity contribution is -0.125. The van der Waals surface area contributed by atoms with Crippen LogP contribution in [-0.2, 0) is 11.3 Å². The Bertz CT molecular complexity index is 690. The topological polar surface area (TPSA) is 59.2 Å². The molecule has 1 aromatic heterocycles. The van der Waals surface area contributed by atoms with Crippen LogP contribution in [0.4, 0.5) is 5.82 Å². The van der Waals surface area contributed by atoms with Gasteiger partial charge in [0, 0.05) is 25.9 Å². The van der Waals surface area contributed by atoms with Crippen LogP contribution in [0.15, 0.2) is 42.6 Å². The summed E-state index contributed by atoms with van der Waals surface area (Å²) in [6.45, 7) is 4.75. The number of hydrogen-bond acceptors (Lipinski definition) is 3. The van der Waals surface area contributed by atoms with E-state index in [0.717, 1.165) is 5.56 Å². The minimum atomic E-state index is -0.0438. The number of carbonyl (C=O) groups is 1. The lowest BCUT2D eigenvalue weighted by Gasteiger charge is -2.17. The fourth-order valence-electron chi connectivity index (χ4n) is 2.13. The highest BCUT2D eigenvalue weighted by molar-refractivity contribution is 5.91. The Kier molecular flexibility index (Phi) is 4.94. The molecule has 0 unspecified atom stereocenters. The number of nitrogens with two attached hydrogens (primary N) is 1. The number of aryl methyl sites for hydroxylation is 1. The van der Waals surface area contributed by atoms with Crippen molar-refractivity contribution in [3.63, 3.8) is 0 Å². The molecule has 0 fully saturated rings. The van der Waals surface area contributed by atoms with Crippen molar-refractivity contribution in [3.8, 4) is 0 Å². The zero-order valence-corrected chi connectivity index (χ0v) is 13.2. The van der Waals surface area contributed by atoms with E-state index >= 15 is 0 Å². The van der Waals surface area contributed by atoms with Crippen molar-refractivity contribution in [2.45, 2.75) is 20.4 Å². The van der Waals surface area contributed by atoms with Crippen LogP contribution in [0.1, 0.15) is 22.3 Å². The lowest BCUT2D eigenvalue weighted by Crippen LogP contribution is -2.24. The Morgan fingerprint density at radius 1 is 1.27 bits per heavy atom. The molecule has 1 amide bonds. The highest BCUT2D eigenvalue weighted by atomic mass is 16.2. The van der Waals surface area contributed by atoms with E-state index in [2.05, 4.69) is 31.0 Å². The number of nitrogen functional groups attached to an aromatic ring is 1. The van der Waals surface area contributed by atoms with Gasteiger partial charge in [0.15, 0.2) is 0 Å². The second-order valence-corrected chi connectivity index (χ2v) is 5.40. The number of likely N-dealkylation sites (N-methyl/N-ethyl adjacent to an activating group) is 1. The summed E-state index contributed by atoms with van der Waals surface area (Å²) in [6, 6.07) is 9.70. The zero-order chi connectivity index (χ0) is 16.1. The van der Waals surface area contributed by atoms with E-state index < -0.39 is 0 Å². The zero-order valence-electron chi connectivity index (χ0n) is 13.2. The van der Waals surface area contributed by atoms with Gasteiger partial charge in [-0.05, 0) is 54.3 Å². The Balaban J connectivity index is 2.03. The van der Waals surface area contributed by atoms with E-state index in [1.807, 2.05) is 12.1 Å². The molecule has 4 heteroatoms. The normalized spacial score (nSPS) is 10.9. The number of amides is 1. The number of aromatic nitrogens is 1. The standard InChI is InChI=1S/C18H21N3O/c1-13-5-4-6-16(14(13)2)12-21(3)18(22)10-8-15-7-9-17(19)20-11-15/h4-11H,12H2,1-3H3,(H2,19,20)/b10-8+. The maximum Gasteiger partial charge on any atom is 0.246 e. The molecule has 0 saturated heterocycles. The van der Waals surface area contributed by atoms with Crippen LogP contribution in [0.2, 0.25) is 0 Å². The van der Waals surface area contributed by atoms with Gasteiger partial charge in [0.05, 0.1) is 0 Å². The molecular weight excluding hydrogens is 274 g/mol. The molecule has 22 heavy (non-hydrogen) atoms. The first-order valence-corrected chi connectivity index (χ1v) is 7.17. The highest BCUT2D eigenvalue weighted by Crippen LogP contribution is 2.14. The van der Waals surface area contributed by atoms with Gasteiger partial charge in [-0.2, -0.15) is 0 Å². The summed E-state index contributed by atoms with van der Waals surface area (Å²) in [7, 11) is 1.80. The number of carbonyl (C=O) groups excluding carboxylic acids is 1. The molecular formula is C18H21N3O. The minimum absolute atomic E-state index is 0.0438. The van der Waals surface area contributed by atoms with Crippen LogP contribution in [0.3, 0.4) is 0 Å². The van der Waals surface area contributed by atoms with E-state index in [-0.39, 0.29) is 5.91 Å². The van der Waals surface area contributed by atoms with E-state index in [1.165, 1.54) is 16.7 Å². The largest absolute Gasteiger partial charge is 0.384 e. The van der Waals surface area contributed by atoms with Gasteiger partial charge in [-0.3, -0.25) is 4.79 Å². The second kappa shape index (κ2) is 6.89. The van der Waals surface area contributed by atoms with E-state index in [1.54, 1.807) is 36.4 Å². The van der Waals surface area contributed by atoms with Crippen molar-refractivity contribution >= 4 is 17.8 Å². The average Bonchev–Trinajstić information content (AvgIpc) is 2.51. The smallest absolute Gasteiger partial charge is 0.246 e. The summed E-state index contributed by atoms with van der Waals surface area (Å²) in [5, 5.41) is 0. The first-order valence-electron chi connectivity index (χ1n) is 7.17. The number of anilines is 1. The Morgan fingerprint density at radius 3 is 2.73 bits per heavy atom. The molecule has 0 radical (unpaired) electrons. The van der Waals surface area contributed by atoms with Crippen molar-refractivity contribution in [3.05, 3.63) is 64.9 Å². The SMILES string of the molecule is Cc1cccc(CN(C)C(=O)/C=C/c2ccc(N)nc2)c1C. The maximum absolute atomic E-state index is 12.2. The van der Waals surface area contributed by atoms with Gasteiger partial charge in [-0.15, -0.1) is 0 Å². The predicted octanol–water partition coefficient (Wildman–Crippen LogP) is 2.95. The molecule has 2 N–H and O–H groups in total. The van der Waals surface area contributed by atoms with Crippen molar-refractivity contribution in [1.82, 2.24) is 9.88 Å². The predicted molar refractivity (Wildman–Crippen MR) is 90.1 cm³/mol. The van der Waals surface area contributed by atoms with Crippen molar-refractivity contribution in [2.24, 2.45) is 0 Å². The molecule has 4 nitrogen and oxygen atoms in total. The number of hydrogen-bond donors (Lipinski definition) is 1. The molecule has 1 aromatic carbocycles. The highest BCUT2D eigenvalue weighted by Gasteiger charge is 2.08. The second-order valence-electron chi connectivity index (χ2n) is 5.40. The summed E-state index contributed by atoms with van der Waals surface area (Å²) in [4.78, 5) is 17.9. The molecule has 0 bridgehead atoms. The quantitative estimate of drug-likeness (QED) is 0.882. The minimum Gasteiger partial charge on any atom is -0.384 e. The molecule has 0 aliphatic heterocycles. The summed E-state index contributed by atoms with van der Waals surface area (Å²) in [6.07, 6.45) is 4.94. The maximum atomic E-state index is 12.2. The number of pyridine rings is 1. The molecule has 114 valence electrons. The fourth-order valence-corrected chi connectivity index (χ4v) is 2.13. The molecule has 0 aliphatic carbocycles. The molecule has 2 rings (SSSR count). The van der Waals surface area contributed by atoms with Gasteiger partial charge in [0.1, 0.15) is 5.82 Å². The lowest BCUT2D eigenvalue weighted by atomic mass is 10.0. The summed E-state index contributed by atoms with van der Waals surface area (Å²) < 4.78 is 0. The van der Waals surface area contributed by atoms with Crippen LogP contribution in [0.25, 0.3) is 6.08 Å². The average molecular weight is 295 g/mol. The van der Waals surface area contributed by atoms with Crippen LogP contribution < -0.4 is 5.73 Å². The van der Waals surface area contributed by atoms with Crippen LogP contribution in [-0.4, -0.2) is 22.8 Å². The molecule has 2 aromatic rings. The molecule has 0 aliphatic rings. The molecule has 1 heterocycles. The van der Waals surface area contributed by atoms with Crippen LogP contribution >= 0.6 is 0 Å².